The van der Waals surface area contributed by atoms with Crippen molar-refractivity contribution >= 4 is 44.7 Å². The molecule has 4 aromatic heterocycles. The van der Waals surface area contributed by atoms with Gasteiger partial charge in [0.1, 0.15) is 12.2 Å². The van der Waals surface area contributed by atoms with Crippen molar-refractivity contribution in [2.24, 2.45) is 12.8 Å². The van der Waals surface area contributed by atoms with E-state index in [0.717, 1.165) is 21.3 Å². The molecule has 2 N–H and O–H groups in total. The van der Waals surface area contributed by atoms with E-state index < -0.39 is 24.1 Å². The third-order valence-electron chi connectivity index (χ3n) is 5.32. The minimum Gasteiger partial charge on any atom is -0.453 e. The SMILES string of the molecule is Cn1cncc1-c1cc2nccc(Oc3ccc(N(C(=O)CC(N)=O)c4cccnc4)cc3F)c2s1. The van der Waals surface area contributed by atoms with Crippen molar-refractivity contribution in [1.82, 2.24) is 19.5 Å². The number of primary amides is 1. The van der Waals surface area contributed by atoms with Gasteiger partial charge < -0.3 is 15.0 Å². The van der Waals surface area contributed by atoms with Gasteiger partial charge in [0.15, 0.2) is 11.6 Å². The average molecular weight is 503 g/mol. The van der Waals surface area contributed by atoms with Crippen molar-refractivity contribution in [3.05, 3.63) is 79.4 Å². The maximum Gasteiger partial charge on any atom is 0.241 e. The van der Waals surface area contributed by atoms with Gasteiger partial charge >= 0.3 is 0 Å². The summed E-state index contributed by atoms with van der Waals surface area (Å²) >= 11 is 1.46. The zero-order chi connectivity index (χ0) is 25.2. The summed E-state index contributed by atoms with van der Waals surface area (Å²) in [6.07, 6.45) is 7.50. The molecule has 0 bridgehead atoms. The Balaban J connectivity index is 1.48. The number of fused-ring (bicyclic) bond motifs is 1. The number of aryl methyl sites for hydroxylation is 1. The molecule has 9 nitrogen and oxygen atoms in total. The van der Waals surface area contributed by atoms with Gasteiger partial charge in [-0.05, 0) is 30.3 Å². The Morgan fingerprint density at radius 1 is 1.08 bits per heavy atom. The third kappa shape index (κ3) is 4.51. The zero-order valence-corrected chi connectivity index (χ0v) is 19.8. The molecule has 2 amide bonds. The van der Waals surface area contributed by atoms with Crippen LogP contribution < -0.4 is 15.4 Å². The maximum absolute atomic E-state index is 15.2. The van der Waals surface area contributed by atoms with Gasteiger partial charge in [-0.15, -0.1) is 11.3 Å². The summed E-state index contributed by atoms with van der Waals surface area (Å²) in [6, 6.07) is 11.0. The summed E-state index contributed by atoms with van der Waals surface area (Å²) in [7, 11) is 1.90. The van der Waals surface area contributed by atoms with Crippen molar-refractivity contribution < 1.29 is 18.7 Å². The predicted octanol–water partition coefficient (Wildman–Crippen LogP) is 4.56. The molecule has 0 saturated heterocycles. The molecule has 0 saturated carbocycles. The Morgan fingerprint density at radius 3 is 2.64 bits per heavy atom. The fourth-order valence-electron chi connectivity index (χ4n) is 3.70. The number of aromatic nitrogens is 4. The number of anilines is 2. The van der Waals surface area contributed by atoms with Crippen LogP contribution in [-0.2, 0) is 16.6 Å². The van der Waals surface area contributed by atoms with Crippen molar-refractivity contribution in [1.29, 1.82) is 0 Å². The highest BCUT2D eigenvalue weighted by atomic mass is 32.1. The van der Waals surface area contributed by atoms with E-state index in [1.807, 2.05) is 17.7 Å². The number of amides is 2. The van der Waals surface area contributed by atoms with Crippen LogP contribution in [0.3, 0.4) is 0 Å². The van der Waals surface area contributed by atoms with Crippen LogP contribution in [0, 0.1) is 5.82 Å². The van der Waals surface area contributed by atoms with E-state index in [2.05, 4.69) is 15.0 Å². The number of pyridine rings is 2. The number of nitrogens with two attached hydrogens (primary N) is 1. The minimum absolute atomic E-state index is 0.0322. The van der Waals surface area contributed by atoms with E-state index in [0.29, 0.717) is 17.0 Å². The van der Waals surface area contributed by atoms with Crippen LogP contribution in [0.1, 0.15) is 6.42 Å². The van der Waals surface area contributed by atoms with Gasteiger partial charge in [0.25, 0.3) is 0 Å². The van der Waals surface area contributed by atoms with Crippen LogP contribution in [-0.4, -0.2) is 31.3 Å². The molecule has 11 heteroatoms. The Hall–Kier alpha value is -4.64. The molecule has 5 rings (SSSR count). The van der Waals surface area contributed by atoms with E-state index in [-0.39, 0.29) is 11.4 Å². The van der Waals surface area contributed by atoms with Gasteiger partial charge in [-0.3, -0.25) is 24.5 Å². The van der Waals surface area contributed by atoms with Crippen LogP contribution in [0.2, 0.25) is 0 Å². The highest BCUT2D eigenvalue weighted by Gasteiger charge is 2.22. The lowest BCUT2D eigenvalue weighted by Crippen LogP contribution is -2.30. The second kappa shape index (κ2) is 9.55. The van der Waals surface area contributed by atoms with E-state index in [1.54, 1.807) is 36.9 Å². The van der Waals surface area contributed by atoms with Crippen LogP contribution in [0.15, 0.2) is 73.6 Å². The number of thiophene rings is 1. The Labute approximate surface area is 208 Å². The molecule has 5 aromatic rings. The number of ether oxygens (including phenoxy) is 1. The van der Waals surface area contributed by atoms with Crippen molar-refractivity contribution in [2.75, 3.05) is 4.90 Å². The lowest BCUT2D eigenvalue weighted by molar-refractivity contribution is -0.125. The smallest absolute Gasteiger partial charge is 0.241 e. The van der Waals surface area contributed by atoms with Crippen LogP contribution >= 0.6 is 11.3 Å². The summed E-state index contributed by atoms with van der Waals surface area (Å²) in [5, 5.41) is 0. The van der Waals surface area contributed by atoms with E-state index in [9.17, 15) is 9.59 Å². The molecule has 0 spiro atoms. The monoisotopic (exact) mass is 502 g/mol. The number of imidazole rings is 1. The van der Waals surface area contributed by atoms with Gasteiger partial charge in [-0.1, -0.05) is 0 Å². The molecular formula is C25H19FN6O3S. The van der Waals surface area contributed by atoms with E-state index in [1.165, 1.54) is 40.8 Å². The lowest BCUT2D eigenvalue weighted by atomic mass is 10.2. The fraction of sp³-hybridized carbons (Fsp3) is 0.0800. The molecule has 1 aromatic carbocycles. The molecule has 0 radical (unpaired) electrons. The number of carbonyl (C=O) groups excluding carboxylic acids is 2. The number of hydrogen-bond acceptors (Lipinski definition) is 7. The zero-order valence-electron chi connectivity index (χ0n) is 19.0. The maximum atomic E-state index is 15.2. The molecule has 4 heterocycles. The van der Waals surface area contributed by atoms with Crippen molar-refractivity contribution in [2.45, 2.75) is 6.42 Å². The summed E-state index contributed by atoms with van der Waals surface area (Å²) in [5.74, 6) is -1.69. The third-order valence-corrected chi connectivity index (χ3v) is 6.48. The summed E-state index contributed by atoms with van der Waals surface area (Å²) in [5.41, 5.74) is 7.42. The predicted molar refractivity (Wildman–Crippen MR) is 133 cm³/mol. The standard InChI is InChI=1S/C25H19FN6O3S/c1-31-14-29-13-19(31)22-10-18-25(36-22)21(6-8-30-18)35-20-5-4-15(9-17(20)26)32(24(34)11-23(27)33)16-3-2-7-28-12-16/h2-10,12-14H,11H2,1H3,(H2,27,33). The molecule has 180 valence electrons. The second-order valence-electron chi connectivity index (χ2n) is 7.82. The normalized spacial score (nSPS) is 10.9. The first-order chi connectivity index (χ1) is 17.4. The van der Waals surface area contributed by atoms with E-state index in [4.69, 9.17) is 10.5 Å². The number of hydrogen-bond donors (Lipinski definition) is 1. The molecule has 0 aliphatic rings. The van der Waals surface area contributed by atoms with Crippen LogP contribution in [0.25, 0.3) is 20.8 Å². The number of benzene rings is 1. The fourth-order valence-corrected chi connectivity index (χ4v) is 4.82. The highest BCUT2D eigenvalue weighted by Crippen LogP contribution is 2.40. The summed E-state index contributed by atoms with van der Waals surface area (Å²) in [6.45, 7) is 0. The first-order valence-corrected chi connectivity index (χ1v) is 11.6. The van der Waals surface area contributed by atoms with E-state index >= 15 is 4.39 Å². The summed E-state index contributed by atoms with van der Waals surface area (Å²) < 4.78 is 23.8. The van der Waals surface area contributed by atoms with Gasteiger partial charge in [0.2, 0.25) is 11.8 Å². The number of rotatable bonds is 7. The topological polar surface area (TPSA) is 116 Å². The van der Waals surface area contributed by atoms with Crippen molar-refractivity contribution in [3.63, 3.8) is 0 Å². The first kappa shape index (κ1) is 23.1. The number of nitrogens with zero attached hydrogens (tertiary/aromatic N) is 5. The molecule has 0 aliphatic carbocycles. The average Bonchev–Trinajstić information content (AvgIpc) is 3.47. The van der Waals surface area contributed by atoms with Gasteiger partial charge in [0, 0.05) is 31.6 Å². The van der Waals surface area contributed by atoms with Gasteiger partial charge in [-0.2, -0.15) is 0 Å². The Bertz CT molecular complexity index is 1580. The van der Waals surface area contributed by atoms with Gasteiger partial charge in [-0.25, -0.2) is 9.37 Å². The first-order valence-electron chi connectivity index (χ1n) is 10.7. The molecule has 0 unspecified atom stereocenters. The Morgan fingerprint density at radius 2 is 1.94 bits per heavy atom. The Kier molecular flexibility index (Phi) is 6.13. The molecule has 36 heavy (non-hydrogen) atoms. The minimum atomic E-state index is -0.794. The number of carbonyl (C=O) groups is 2. The largest absolute Gasteiger partial charge is 0.453 e. The molecule has 0 aliphatic heterocycles. The molecular weight excluding hydrogens is 483 g/mol. The highest BCUT2D eigenvalue weighted by molar-refractivity contribution is 7.22. The van der Waals surface area contributed by atoms with Gasteiger partial charge in [0.05, 0.1) is 50.9 Å². The number of halogens is 1. The van der Waals surface area contributed by atoms with Crippen LogP contribution in [0.4, 0.5) is 15.8 Å². The molecule has 0 atom stereocenters. The quantitative estimate of drug-likeness (QED) is 0.326. The summed E-state index contributed by atoms with van der Waals surface area (Å²) in [4.78, 5) is 38.8. The van der Waals surface area contributed by atoms with Crippen molar-refractivity contribution in [3.8, 4) is 22.1 Å². The second-order valence-corrected chi connectivity index (χ2v) is 8.88. The lowest BCUT2D eigenvalue weighted by Gasteiger charge is -2.22. The molecule has 0 fully saturated rings. The van der Waals surface area contributed by atoms with Crippen LogP contribution in [0.5, 0.6) is 11.5 Å².